The molecule has 1 N–H and O–H groups in total. The number of nitrogens with zero attached hydrogens (tertiary/aromatic N) is 4. The molecule has 3 heterocycles. The van der Waals surface area contributed by atoms with Crippen LogP contribution in [0.25, 0.3) is 0 Å². The van der Waals surface area contributed by atoms with Gasteiger partial charge in [0.1, 0.15) is 11.4 Å². The summed E-state index contributed by atoms with van der Waals surface area (Å²) in [5, 5.41) is 6.85. The Bertz CT molecular complexity index is 958. The largest absolute Gasteiger partial charge is 0.359 e. The highest BCUT2D eigenvalue weighted by atomic mass is 16.5. The van der Waals surface area contributed by atoms with Gasteiger partial charge in [0.15, 0.2) is 5.76 Å². The molecule has 1 aromatic heterocycles. The van der Waals surface area contributed by atoms with Crippen LogP contribution >= 0.6 is 0 Å². The summed E-state index contributed by atoms with van der Waals surface area (Å²) in [6.45, 7) is 5.93. The Labute approximate surface area is 189 Å². The first-order chi connectivity index (χ1) is 15.3. The topological polar surface area (TPSA) is 81.9 Å². The van der Waals surface area contributed by atoms with E-state index in [4.69, 9.17) is 4.52 Å². The van der Waals surface area contributed by atoms with Gasteiger partial charge < -0.3 is 19.6 Å². The highest BCUT2D eigenvalue weighted by Gasteiger charge is 2.36. The first-order valence-corrected chi connectivity index (χ1v) is 11.4. The number of hydrogen-bond donors (Lipinski definition) is 1. The van der Waals surface area contributed by atoms with Crippen molar-refractivity contribution >= 4 is 17.6 Å². The smallest absolute Gasteiger partial charge is 0.321 e. The molecule has 4 rings (SSSR count). The number of piperidine rings is 1. The van der Waals surface area contributed by atoms with Crippen molar-refractivity contribution < 1.29 is 14.1 Å². The molecule has 1 fully saturated rings. The molecule has 0 aliphatic carbocycles. The molecule has 8 heteroatoms. The molecule has 0 saturated carbocycles. The zero-order chi connectivity index (χ0) is 22.8. The number of carbonyl (C=O) groups is 2. The van der Waals surface area contributed by atoms with Crippen LogP contribution in [0.5, 0.6) is 0 Å². The van der Waals surface area contributed by atoms with E-state index in [0.29, 0.717) is 42.7 Å². The van der Waals surface area contributed by atoms with E-state index in [1.807, 2.05) is 25.9 Å². The summed E-state index contributed by atoms with van der Waals surface area (Å²) in [4.78, 5) is 31.5. The predicted octanol–water partition coefficient (Wildman–Crippen LogP) is 3.37. The molecule has 1 unspecified atom stereocenters. The average molecular weight is 440 g/mol. The van der Waals surface area contributed by atoms with Crippen molar-refractivity contribution in [1.29, 1.82) is 0 Å². The second-order valence-corrected chi connectivity index (χ2v) is 9.04. The van der Waals surface area contributed by atoms with Gasteiger partial charge in [-0.25, -0.2) is 4.79 Å². The number of rotatable bonds is 4. The maximum Gasteiger partial charge on any atom is 0.321 e. The van der Waals surface area contributed by atoms with E-state index in [2.05, 4.69) is 39.6 Å². The molecule has 2 aliphatic rings. The lowest BCUT2D eigenvalue weighted by molar-refractivity contribution is -0.130. The number of nitrogens with one attached hydrogen (secondary N) is 1. The maximum absolute atomic E-state index is 12.8. The Morgan fingerprint density at radius 3 is 2.53 bits per heavy atom. The fourth-order valence-electron chi connectivity index (χ4n) is 4.93. The van der Waals surface area contributed by atoms with Gasteiger partial charge in [0.2, 0.25) is 5.91 Å². The van der Waals surface area contributed by atoms with Gasteiger partial charge in [-0.2, -0.15) is 0 Å². The molecule has 0 bridgehead atoms. The zero-order valence-corrected chi connectivity index (χ0v) is 19.4. The number of amides is 3. The number of hydrogen-bond acceptors (Lipinski definition) is 5. The van der Waals surface area contributed by atoms with Crippen LogP contribution in [-0.4, -0.2) is 71.6 Å². The third-order valence-corrected chi connectivity index (χ3v) is 6.81. The highest BCUT2D eigenvalue weighted by Crippen LogP contribution is 2.36. The van der Waals surface area contributed by atoms with Crippen molar-refractivity contribution in [3.05, 3.63) is 46.8 Å². The Kier molecular flexibility index (Phi) is 6.50. The van der Waals surface area contributed by atoms with Crippen LogP contribution < -0.4 is 5.32 Å². The molecule has 3 amide bonds. The zero-order valence-electron chi connectivity index (χ0n) is 19.4. The van der Waals surface area contributed by atoms with Crippen LogP contribution in [0.4, 0.5) is 10.5 Å². The van der Waals surface area contributed by atoms with Gasteiger partial charge >= 0.3 is 6.03 Å². The minimum atomic E-state index is -0.110. The summed E-state index contributed by atoms with van der Waals surface area (Å²) in [5.74, 6) is 0.763. The summed E-state index contributed by atoms with van der Waals surface area (Å²) in [5.41, 5.74) is 3.96. The van der Waals surface area contributed by atoms with E-state index in [9.17, 15) is 9.59 Å². The Balaban J connectivity index is 1.43. The number of likely N-dealkylation sites (tertiary alicyclic amines) is 1. The normalized spacial score (nSPS) is 19.5. The first kappa shape index (κ1) is 22.3. The van der Waals surface area contributed by atoms with Crippen LogP contribution in [0.2, 0.25) is 0 Å². The third kappa shape index (κ3) is 4.50. The number of aromatic nitrogens is 1. The number of aryl methyl sites for hydroxylation is 2. The number of anilines is 1. The van der Waals surface area contributed by atoms with Crippen LogP contribution in [0.3, 0.4) is 0 Å². The lowest BCUT2D eigenvalue weighted by Crippen LogP contribution is -2.51. The fourth-order valence-corrected chi connectivity index (χ4v) is 4.93. The molecule has 0 spiro atoms. The summed E-state index contributed by atoms with van der Waals surface area (Å²) in [6, 6.07) is 8.82. The molecular formula is C24H33N5O3. The SMILES string of the molecule is Cc1noc(C)c1NC(=O)N1CCC(N2CCc3ccccc3C2CC(=O)N(C)C)CC1. The second-order valence-electron chi connectivity index (χ2n) is 9.04. The van der Waals surface area contributed by atoms with E-state index < -0.39 is 0 Å². The average Bonchev–Trinajstić information content (AvgIpc) is 3.11. The van der Waals surface area contributed by atoms with Gasteiger partial charge in [-0.3, -0.25) is 9.69 Å². The van der Waals surface area contributed by atoms with Gasteiger partial charge in [0.25, 0.3) is 0 Å². The van der Waals surface area contributed by atoms with Gasteiger partial charge in [0.05, 0.1) is 0 Å². The van der Waals surface area contributed by atoms with Crippen molar-refractivity contribution in [2.75, 3.05) is 39.0 Å². The Hall–Kier alpha value is -2.87. The number of carbonyl (C=O) groups excluding carboxylic acids is 2. The van der Waals surface area contributed by atoms with Crippen LogP contribution in [-0.2, 0) is 11.2 Å². The number of fused-ring (bicyclic) bond motifs is 1. The molecule has 1 aromatic carbocycles. The number of urea groups is 1. The highest BCUT2D eigenvalue weighted by molar-refractivity contribution is 5.90. The van der Waals surface area contributed by atoms with E-state index in [-0.39, 0.29) is 18.0 Å². The predicted molar refractivity (Wildman–Crippen MR) is 122 cm³/mol. The molecule has 2 aromatic rings. The molecule has 0 radical (unpaired) electrons. The third-order valence-electron chi connectivity index (χ3n) is 6.81. The van der Waals surface area contributed by atoms with Gasteiger partial charge in [0, 0.05) is 52.2 Å². The standard InChI is InChI=1S/C24H33N5O3/c1-16-23(17(2)32-26-16)25-24(31)28-12-10-19(11-13-28)29-14-9-18-7-5-6-8-20(18)21(29)15-22(30)27(3)4/h5-8,19,21H,9-15H2,1-4H3,(H,25,31). The van der Waals surface area contributed by atoms with Crippen molar-refractivity contribution in [3.8, 4) is 0 Å². The van der Waals surface area contributed by atoms with E-state index >= 15 is 0 Å². The fraction of sp³-hybridized carbons (Fsp3) is 0.542. The molecule has 1 saturated heterocycles. The molecule has 8 nitrogen and oxygen atoms in total. The van der Waals surface area contributed by atoms with Crippen LogP contribution in [0, 0.1) is 13.8 Å². The lowest BCUT2D eigenvalue weighted by atomic mass is 9.87. The first-order valence-electron chi connectivity index (χ1n) is 11.4. The quantitative estimate of drug-likeness (QED) is 0.790. The minimum absolute atomic E-state index is 0.0857. The van der Waals surface area contributed by atoms with Gasteiger partial charge in [-0.15, -0.1) is 0 Å². The van der Waals surface area contributed by atoms with Crippen LogP contribution in [0.15, 0.2) is 28.8 Å². The summed E-state index contributed by atoms with van der Waals surface area (Å²) in [6.07, 6.45) is 3.26. The van der Waals surface area contributed by atoms with Crippen molar-refractivity contribution in [2.45, 2.75) is 51.6 Å². The molecule has 1 atom stereocenters. The maximum atomic E-state index is 12.8. The van der Waals surface area contributed by atoms with Crippen molar-refractivity contribution in [1.82, 2.24) is 19.9 Å². The Morgan fingerprint density at radius 2 is 1.88 bits per heavy atom. The van der Waals surface area contributed by atoms with E-state index in [0.717, 1.165) is 25.8 Å². The van der Waals surface area contributed by atoms with Gasteiger partial charge in [-0.1, -0.05) is 29.4 Å². The lowest BCUT2D eigenvalue weighted by Gasteiger charge is -2.45. The molecule has 32 heavy (non-hydrogen) atoms. The van der Waals surface area contributed by atoms with Crippen molar-refractivity contribution in [2.24, 2.45) is 0 Å². The van der Waals surface area contributed by atoms with Gasteiger partial charge in [-0.05, 0) is 44.2 Å². The summed E-state index contributed by atoms with van der Waals surface area (Å²) >= 11 is 0. The summed E-state index contributed by atoms with van der Waals surface area (Å²) in [7, 11) is 3.63. The van der Waals surface area contributed by atoms with Crippen LogP contribution in [0.1, 0.15) is 47.9 Å². The minimum Gasteiger partial charge on any atom is -0.359 e. The second kappa shape index (κ2) is 9.32. The van der Waals surface area contributed by atoms with Crippen molar-refractivity contribution in [3.63, 3.8) is 0 Å². The molecule has 2 aliphatic heterocycles. The Morgan fingerprint density at radius 1 is 1.16 bits per heavy atom. The monoisotopic (exact) mass is 439 g/mol. The summed E-state index contributed by atoms with van der Waals surface area (Å²) < 4.78 is 5.15. The molecular weight excluding hydrogens is 406 g/mol. The molecule has 172 valence electrons. The number of benzene rings is 1. The van der Waals surface area contributed by atoms with E-state index in [1.54, 1.807) is 11.8 Å². The van der Waals surface area contributed by atoms with E-state index in [1.165, 1.54) is 11.1 Å².